The molecule has 1 amide bonds. The van der Waals surface area contributed by atoms with Gasteiger partial charge in [0.25, 0.3) is 5.91 Å². The van der Waals surface area contributed by atoms with Crippen LogP contribution < -0.4 is 5.32 Å². The van der Waals surface area contributed by atoms with Crippen molar-refractivity contribution in [2.24, 2.45) is 5.92 Å². The van der Waals surface area contributed by atoms with Gasteiger partial charge in [0, 0.05) is 19.1 Å². The van der Waals surface area contributed by atoms with E-state index >= 15 is 0 Å². The molecular weight excluding hydrogens is 255 g/mol. The number of likely N-dealkylation sites (tertiary alicyclic amines) is 1. The number of halogens is 1. The molecule has 2 rings (SSSR count). The number of nitrogens with one attached hydrogen (secondary N) is 1. The lowest BCUT2D eigenvalue weighted by Gasteiger charge is -2.35. The minimum atomic E-state index is -0.461. The molecule has 0 radical (unpaired) electrons. The van der Waals surface area contributed by atoms with Crippen molar-refractivity contribution in [3.63, 3.8) is 0 Å². The summed E-state index contributed by atoms with van der Waals surface area (Å²) < 4.78 is 13.5. The van der Waals surface area contributed by atoms with Crippen LogP contribution in [0.4, 0.5) is 4.39 Å². The summed E-state index contributed by atoms with van der Waals surface area (Å²) in [5.74, 6) is -0.316. The largest absolute Gasteiger partial charge is 0.352 e. The smallest absolute Gasteiger partial charge is 0.254 e. The van der Waals surface area contributed by atoms with Crippen LogP contribution in [0.1, 0.15) is 37.0 Å². The lowest BCUT2D eigenvalue weighted by molar-refractivity contribution is 0.0919. The third kappa shape index (κ3) is 3.79. The van der Waals surface area contributed by atoms with E-state index in [0.29, 0.717) is 18.5 Å². The van der Waals surface area contributed by atoms with Crippen LogP contribution in [0.3, 0.4) is 0 Å². The molecule has 4 heteroatoms. The summed E-state index contributed by atoms with van der Waals surface area (Å²) >= 11 is 0. The summed E-state index contributed by atoms with van der Waals surface area (Å²) in [5, 5.41) is 2.86. The molecule has 1 aromatic carbocycles. The zero-order chi connectivity index (χ0) is 14.5. The van der Waals surface area contributed by atoms with Crippen LogP contribution in [0.25, 0.3) is 0 Å². The minimum absolute atomic E-state index is 0.129. The number of benzene rings is 1. The molecule has 0 bridgehead atoms. The first kappa shape index (κ1) is 15.0. The van der Waals surface area contributed by atoms with Gasteiger partial charge in [0.1, 0.15) is 5.82 Å². The van der Waals surface area contributed by atoms with E-state index in [9.17, 15) is 9.18 Å². The molecule has 1 saturated heterocycles. The van der Waals surface area contributed by atoms with Crippen LogP contribution in [0.2, 0.25) is 0 Å². The maximum atomic E-state index is 13.5. The standard InChI is InChI=1S/C16H23FN2O/c1-12(2)19-9-5-6-13(11-19)10-18-16(20)14-7-3-4-8-15(14)17/h3-4,7-8,12-13H,5-6,9-11H2,1-2H3,(H,18,20)/t13-/m0/s1. The Labute approximate surface area is 120 Å². The van der Waals surface area contributed by atoms with E-state index in [1.54, 1.807) is 12.1 Å². The van der Waals surface area contributed by atoms with E-state index in [0.717, 1.165) is 19.5 Å². The molecule has 1 N–H and O–H groups in total. The van der Waals surface area contributed by atoms with Gasteiger partial charge in [0.05, 0.1) is 5.56 Å². The van der Waals surface area contributed by atoms with Crippen LogP contribution in [0.5, 0.6) is 0 Å². The quantitative estimate of drug-likeness (QED) is 0.918. The van der Waals surface area contributed by atoms with Crippen LogP contribution in [0.15, 0.2) is 24.3 Å². The molecule has 0 aliphatic carbocycles. The number of piperidine rings is 1. The second-order valence-corrected chi connectivity index (χ2v) is 5.79. The van der Waals surface area contributed by atoms with Gasteiger partial charge in [-0.05, 0) is 51.3 Å². The number of hydrogen-bond acceptors (Lipinski definition) is 2. The average molecular weight is 278 g/mol. The van der Waals surface area contributed by atoms with Crippen molar-refractivity contribution in [3.8, 4) is 0 Å². The van der Waals surface area contributed by atoms with Crippen LogP contribution in [-0.4, -0.2) is 36.5 Å². The number of nitrogens with zero attached hydrogens (tertiary/aromatic N) is 1. The Bertz CT molecular complexity index is 462. The Morgan fingerprint density at radius 3 is 2.90 bits per heavy atom. The fourth-order valence-electron chi connectivity index (χ4n) is 2.71. The molecule has 0 spiro atoms. The Morgan fingerprint density at radius 2 is 2.20 bits per heavy atom. The van der Waals surface area contributed by atoms with E-state index in [2.05, 4.69) is 24.1 Å². The topological polar surface area (TPSA) is 32.3 Å². The Morgan fingerprint density at radius 1 is 1.45 bits per heavy atom. The molecule has 20 heavy (non-hydrogen) atoms. The number of carbonyl (C=O) groups is 1. The van der Waals surface area contributed by atoms with Gasteiger partial charge in [-0.1, -0.05) is 12.1 Å². The molecule has 0 aromatic heterocycles. The van der Waals surface area contributed by atoms with E-state index in [-0.39, 0.29) is 11.5 Å². The molecule has 0 unspecified atom stereocenters. The first-order valence-corrected chi connectivity index (χ1v) is 7.34. The molecule has 1 aromatic rings. The lowest BCUT2D eigenvalue weighted by Crippen LogP contribution is -2.43. The molecule has 0 saturated carbocycles. The monoisotopic (exact) mass is 278 g/mol. The number of rotatable bonds is 4. The second kappa shape index (κ2) is 6.84. The second-order valence-electron chi connectivity index (χ2n) is 5.79. The first-order chi connectivity index (χ1) is 9.58. The highest BCUT2D eigenvalue weighted by molar-refractivity contribution is 5.94. The summed E-state index contributed by atoms with van der Waals surface area (Å²) in [6.45, 7) is 7.15. The Hall–Kier alpha value is -1.42. The van der Waals surface area contributed by atoms with Gasteiger partial charge in [-0.3, -0.25) is 4.79 Å². The average Bonchev–Trinajstić information content (AvgIpc) is 2.45. The molecular formula is C16H23FN2O. The first-order valence-electron chi connectivity index (χ1n) is 7.34. The number of carbonyl (C=O) groups excluding carboxylic acids is 1. The summed E-state index contributed by atoms with van der Waals surface area (Å²) in [6, 6.07) is 6.65. The highest BCUT2D eigenvalue weighted by Gasteiger charge is 2.22. The number of amides is 1. The molecule has 1 atom stereocenters. The van der Waals surface area contributed by atoms with Gasteiger partial charge in [-0.2, -0.15) is 0 Å². The van der Waals surface area contributed by atoms with Crippen molar-refractivity contribution < 1.29 is 9.18 Å². The SMILES string of the molecule is CC(C)N1CCC[C@@H](CNC(=O)c2ccccc2F)C1. The molecule has 3 nitrogen and oxygen atoms in total. The van der Waals surface area contributed by atoms with Crippen LogP contribution >= 0.6 is 0 Å². The zero-order valence-electron chi connectivity index (χ0n) is 12.2. The molecule has 110 valence electrons. The van der Waals surface area contributed by atoms with Crippen molar-refractivity contribution in [1.82, 2.24) is 10.2 Å². The maximum absolute atomic E-state index is 13.5. The highest BCUT2D eigenvalue weighted by Crippen LogP contribution is 2.18. The fraction of sp³-hybridized carbons (Fsp3) is 0.562. The van der Waals surface area contributed by atoms with Crippen molar-refractivity contribution >= 4 is 5.91 Å². The highest BCUT2D eigenvalue weighted by atomic mass is 19.1. The normalized spacial score (nSPS) is 20.1. The lowest BCUT2D eigenvalue weighted by atomic mass is 9.97. The van der Waals surface area contributed by atoms with Gasteiger partial charge in [-0.25, -0.2) is 4.39 Å². The predicted octanol–water partition coefficient (Wildman–Crippen LogP) is 2.68. The molecule has 1 aliphatic rings. The van der Waals surface area contributed by atoms with Crippen molar-refractivity contribution in [1.29, 1.82) is 0 Å². The van der Waals surface area contributed by atoms with Crippen molar-refractivity contribution in [2.45, 2.75) is 32.7 Å². The minimum Gasteiger partial charge on any atom is -0.352 e. The van der Waals surface area contributed by atoms with E-state index in [4.69, 9.17) is 0 Å². The molecule has 1 heterocycles. The van der Waals surface area contributed by atoms with Gasteiger partial charge < -0.3 is 10.2 Å². The Balaban J connectivity index is 1.86. The maximum Gasteiger partial charge on any atom is 0.254 e. The van der Waals surface area contributed by atoms with E-state index in [1.165, 1.54) is 18.6 Å². The summed E-state index contributed by atoms with van der Waals surface area (Å²) in [4.78, 5) is 14.4. The fourth-order valence-corrected chi connectivity index (χ4v) is 2.71. The van der Waals surface area contributed by atoms with E-state index in [1.807, 2.05) is 0 Å². The van der Waals surface area contributed by atoms with Gasteiger partial charge in [0.15, 0.2) is 0 Å². The third-order valence-corrected chi connectivity index (χ3v) is 3.95. The van der Waals surface area contributed by atoms with Gasteiger partial charge >= 0.3 is 0 Å². The van der Waals surface area contributed by atoms with Crippen LogP contribution in [0, 0.1) is 11.7 Å². The third-order valence-electron chi connectivity index (χ3n) is 3.95. The van der Waals surface area contributed by atoms with E-state index < -0.39 is 5.82 Å². The Kier molecular flexibility index (Phi) is 5.12. The molecule has 1 fully saturated rings. The zero-order valence-corrected chi connectivity index (χ0v) is 12.2. The predicted molar refractivity (Wildman–Crippen MR) is 78.2 cm³/mol. The van der Waals surface area contributed by atoms with Crippen LogP contribution in [-0.2, 0) is 0 Å². The summed E-state index contributed by atoms with van der Waals surface area (Å²) in [6.07, 6.45) is 2.29. The van der Waals surface area contributed by atoms with Crippen molar-refractivity contribution in [3.05, 3.63) is 35.6 Å². The molecule has 1 aliphatic heterocycles. The van der Waals surface area contributed by atoms with Gasteiger partial charge in [0.2, 0.25) is 0 Å². The summed E-state index contributed by atoms with van der Waals surface area (Å²) in [7, 11) is 0. The number of hydrogen-bond donors (Lipinski definition) is 1. The van der Waals surface area contributed by atoms with Crippen molar-refractivity contribution in [2.75, 3.05) is 19.6 Å². The van der Waals surface area contributed by atoms with Gasteiger partial charge in [-0.15, -0.1) is 0 Å². The summed E-state index contributed by atoms with van der Waals surface area (Å²) in [5.41, 5.74) is 0.129.